The lowest BCUT2D eigenvalue weighted by Gasteiger charge is -2.39. The van der Waals surface area contributed by atoms with Gasteiger partial charge in [0.05, 0.1) is 17.8 Å². The van der Waals surface area contributed by atoms with E-state index in [9.17, 15) is 5.11 Å². The molecule has 3 nitrogen and oxygen atoms in total. The second-order valence-corrected chi connectivity index (χ2v) is 8.68. The van der Waals surface area contributed by atoms with Gasteiger partial charge in [-0.1, -0.05) is 33.1 Å². The Hall–Kier alpha value is -0.120. The molecule has 3 aliphatic rings. The van der Waals surface area contributed by atoms with Gasteiger partial charge in [0, 0.05) is 12.0 Å². The average Bonchev–Trinajstić information content (AvgIpc) is 2.95. The monoisotopic (exact) mass is 295 g/mol. The Labute approximate surface area is 129 Å². The first kappa shape index (κ1) is 15.8. The van der Waals surface area contributed by atoms with Gasteiger partial charge in [-0.05, 0) is 50.4 Å². The van der Waals surface area contributed by atoms with Crippen LogP contribution in [0.4, 0.5) is 0 Å². The molecule has 2 aliphatic carbocycles. The second kappa shape index (κ2) is 5.50. The van der Waals surface area contributed by atoms with Crippen LogP contribution in [0.2, 0.25) is 0 Å². The zero-order chi connectivity index (χ0) is 15.1. The summed E-state index contributed by atoms with van der Waals surface area (Å²) in [6.45, 7) is 4.94. The lowest BCUT2D eigenvalue weighted by Crippen LogP contribution is -2.45. The molecule has 3 heteroatoms. The molecule has 0 aromatic rings. The molecule has 1 spiro atoms. The lowest BCUT2D eigenvalue weighted by atomic mass is 9.74. The zero-order valence-corrected chi connectivity index (χ0v) is 13.9. The summed E-state index contributed by atoms with van der Waals surface area (Å²) in [5.74, 6) is 0. The van der Waals surface area contributed by atoms with Gasteiger partial charge < -0.3 is 15.6 Å². The fraction of sp³-hybridized carbons (Fsp3) is 1.00. The average molecular weight is 295 g/mol. The molecule has 1 saturated heterocycles. The molecular weight excluding hydrogens is 262 g/mol. The molecule has 3 N–H and O–H groups in total. The first-order valence-corrected chi connectivity index (χ1v) is 8.97. The van der Waals surface area contributed by atoms with Gasteiger partial charge in [0.25, 0.3) is 0 Å². The summed E-state index contributed by atoms with van der Waals surface area (Å²) in [5.41, 5.74) is 6.17. The summed E-state index contributed by atoms with van der Waals surface area (Å²) in [6.07, 6.45) is 12.0. The first-order chi connectivity index (χ1) is 9.91. The maximum atomic E-state index is 10.8. The number of ether oxygens (including phenoxy) is 1. The van der Waals surface area contributed by atoms with Crippen molar-refractivity contribution in [2.45, 2.75) is 95.9 Å². The van der Waals surface area contributed by atoms with Crippen LogP contribution in [0.15, 0.2) is 0 Å². The van der Waals surface area contributed by atoms with Crippen molar-refractivity contribution < 1.29 is 9.84 Å². The molecular formula is C18H33NO2. The van der Waals surface area contributed by atoms with E-state index >= 15 is 0 Å². The van der Waals surface area contributed by atoms with E-state index in [4.69, 9.17) is 10.5 Å². The molecule has 3 atom stereocenters. The summed E-state index contributed by atoms with van der Waals surface area (Å²) >= 11 is 0. The van der Waals surface area contributed by atoms with E-state index in [0.29, 0.717) is 12.6 Å². The molecule has 0 amide bonds. The highest BCUT2D eigenvalue weighted by Crippen LogP contribution is 2.53. The van der Waals surface area contributed by atoms with Crippen LogP contribution in [0, 0.1) is 10.8 Å². The summed E-state index contributed by atoms with van der Waals surface area (Å²) in [4.78, 5) is 0. The van der Waals surface area contributed by atoms with Crippen molar-refractivity contribution >= 4 is 0 Å². The summed E-state index contributed by atoms with van der Waals surface area (Å²) in [6, 6.07) is 0. The molecule has 0 aromatic carbocycles. The minimum atomic E-state index is -0.290. The van der Waals surface area contributed by atoms with E-state index in [1.807, 2.05) is 0 Å². The first-order valence-electron chi connectivity index (χ1n) is 8.97. The van der Waals surface area contributed by atoms with Gasteiger partial charge in [-0.15, -0.1) is 0 Å². The number of hydrogen-bond acceptors (Lipinski definition) is 3. The van der Waals surface area contributed by atoms with Crippen molar-refractivity contribution in [3.8, 4) is 0 Å². The van der Waals surface area contributed by atoms with Crippen molar-refractivity contribution in [3.63, 3.8) is 0 Å². The fourth-order valence-electron chi connectivity index (χ4n) is 5.24. The summed E-state index contributed by atoms with van der Waals surface area (Å²) < 4.78 is 6.53. The van der Waals surface area contributed by atoms with Gasteiger partial charge in [-0.2, -0.15) is 0 Å². The molecule has 2 saturated carbocycles. The predicted molar refractivity (Wildman–Crippen MR) is 85.0 cm³/mol. The fourth-order valence-corrected chi connectivity index (χ4v) is 5.24. The lowest BCUT2D eigenvalue weighted by molar-refractivity contribution is -0.0925. The predicted octanol–water partition coefficient (Wildman–Crippen LogP) is 3.38. The largest absolute Gasteiger partial charge is 0.392 e. The van der Waals surface area contributed by atoms with Crippen LogP contribution in [0.5, 0.6) is 0 Å². The zero-order valence-electron chi connectivity index (χ0n) is 13.9. The van der Waals surface area contributed by atoms with E-state index in [0.717, 1.165) is 25.7 Å². The van der Waals surface area contributed by atoms with Crippen LogP contribution in [-0.4, -0.2) is 29.5 Å². The van der Waals surface area contributed by atoms with Crippen LogP contribution in [0.1, 0.15) is 78.1 Å². The number of rotatable bonds is 3. The molecule has 3 rings (SSSR count). The quantitative estimate of drug-likeness (QED) is 0.839. The molecule has 122 valence electrons. The normalized spacial score (nSPS) is 41.7. The Morgan fingerprint density at radius 2 is 1.76 bits per heavy atom. The van der Waals surface area contributed by atoms with Crippen LogP contribution < -0.4 is 5.73 Å². The molecule has 1 aliphatic heterocycles. The number of hydrogen-bond donors (Lipinski definition) is 2. The van der Waals surface area contributed by atoms with Crippen LogP contribution >= 0.6 is 0 Å². The number of nitrogens with two attached hydrogens (primary N) is 1. The molecule has 0 bridgehead atoms. The SMILES string of the molecule is CC1(C)CCC(CN)(CC2CCC3(CCCCC3)O2)C1O. The Kier molecular flexibility index (Phi) is 4.13. The van der Waals surface area contributed by atoms with E-state index in [-0.39, 0.29) is 22.5 Å². The van der Waals surface area contributed by atoms with Gasteiger partial charge in [0.1, 0.15) is 0 Å². The summed E-state index contributed by atoms with van der Waals surface area (Å²) in [5, 5.41) is 10.8. The van der Waals surface area contributed by atoms with Crippen molar-refractivity contribution in [1.29, 1.82) is 0 Å². The van der Waals surface area contributed by atoms with Crippen molar-refractivity contribution in [3.05, 3.63) is 0 Å². The van der Waals surface area contributed by atoms with E-state index in [2.05, 4.69) is 13.8 Å². The Bertz CT molecular complexity index is 375. The van der Waals surface area contributed by atoms with Crippen molar-refractivity contribution in [2.24, 2.45) is 16.6 Å². The smallest absolute Gasteiger partial charge is 0.0687 e. The van der Waals surface area contributed by atoms with E-state index in [1.165, 1.54) is 38.5 Å². The second-order valence-electron chi connectivity index (χ2n) is 8.68. The highest BCUT2D eigenvalue weighted by atomic mass is 16.5. The number of aliphatic hydroxyl groups excluding tert-OH is 1. The Balaban J connectivity index is 1.66. The maximum Gasteiger partial charge on any atom is 0.0687 e. The summed E-state index contributed by atoms with van der Waals surface area (Å²) in [7, 11) is 0. The molecule has 3 unspecified atom stereocenters. The topological polar surface area (TPSA) is 55.5 Å². The van der Waals surface area contributed by atoms with Gasteiger partial charge in [-0.3, -0.25) is 0 Å². The van der Waals surface area contributed by atoms with Gasteiger partial charge in [-0.25, -0.2) is 0 Å². The minimum absolute atomic E-state index is 0.000496. The molecule has 3 fully saturated rings. The third kappa shape index (κ3) is 2.77. The van der Waals surface area contributed by atoms with E-state index < -0.39 is 0 Å². The van der Waals surface area contributed by atoms with Crippen molar-refractivity contribution in [1.82, 2.24) is 0 Å². The van der Waals surface area contributed by atoms with Gasteiger partial charge in [0.2, 0.25) is 0 Å². The van der Waals surface area contributed by atoms with Crippen LogP contribution in [0.3, 0.4) is 0 Å². The van der Waals surface area contributed by atoms with Crippen LogP contribution in [0.25, 0.3) is 0 Å². The standard InChI is InChI=1S/C18H33NO2/c1-16(2)10-11-17(13-19,15(16)20)12-14-6-9-18(21-14)7-4-3-5-8-18/h14-15,20H,3-13,19H2,1-2H3. The number of aliphatic hydroxyl groups is 1. The molecule has 0 radical (unpaired) electrons. The van der Waals surface area contributed by atoms with Gasteiger partial charge in [0.15, 0.2) is 0 Å². The van der Waals surface area contributed by atoms with Crippen molar-refractivity contribution in [2.75, 3.05) is 6.54 Å². The molecule has 0 aromatic heterocycles. The minimum Gasteiger partial charge on any atom is -0.392 e. The third-order valence-electron chi connectivity index (χ3n) is 6.73. The molecule has 21 heavy (non-hydrogen) atoms. The Morgan fingerprint density at radius 3 is 2.33 bits per heavy atom. The molecule has 1 heterocycles. The highest BCUT2D eigenvalue weighted by Gasteiger charge is 2.53. The maximum absolute atomic E-state index is 10.8. The Morgan fingerprint density at radius 1 is 1.05 bits per heavy atom. The van der Waals surface area contributed by atoms with Gasteiger partial charge >= 0.3 is 0 Å². The van der Waals surface area contributed by atoms with Crippen LogP contribution in [-0.2, 0) is 4.74 Å². The third-order valence-corrected chi connectivity index (χ3v) is 6.73. The van der Waals surface area contributed by atoms with E-state index in [1.54, 1.807) is 0 Å². The highest BCUT2D eigenvalue weighted by molar-refractivity contribution is 5.04.